The van der Waals surface area contributed by atoms with Crippen LogP contribution in [-0.2, 0) is 6.54 Å². The molecule has 0 aliphatic heterocycles. The summed E-state index contributed by atoms with van der Waals surface area (Å²) in [5.74, 6) is 0.202. The van der Waals surface area contributed by atoms with Gasteiger partial charge in [0.15, 0.2) is 0 Å². The Bertz CT molecular complexity index is 592. The summed E-state index contributed by atoms with van der Waals surface area (Å²) in [4.78, 5) is 0. The van der Waals surface area contributed by atoms with Gasteiger partial charge in [-0.3, -0.25) is 0 Å². The second kappa shape index (κ2) is 5.10. The van der Waals surface area contributed by atoms with Gasteiger partial charge in [0, 0.05) is 29.0 Å². The quantitative estimate of drug-likeness (QED) is 0.907. The van der Waals surface area contributed by atoms with Crippen molar-refractivity contribution >= 4 is 15.9 Å². The molecule has 0 bridgehead atoms. The maximum atomic E-state index is 13.7. The first-order chi connectivity index (χ1) is 9.13. The summed E-state index contributed by atoms with van der Waals surface area (Å²) in [7, 11) is 0. The Morgan fingerprint density at radius 3 is 2.84 bits per heavy atom. The molecule has 100 valence electrons. The molecule has 2 nitrogen and oxygen atoms in total. The Labute approximate surface area is 120 Å². The summed E-state index contributed by atoms with van der Waals surface area (Å²) >= 11 is 3.25. The van der Waals surface area contributed by atoms with Crippen LogP contribution in [0.3, 0.4) is 0 Å². The first-order valence-corrected chi connectivity index (χ1v) is 7.20. The molecule has 1 aromatic heterocycles. The van der Waals surface area contributed by atoms with E-state index < -0.39 is 0 Å². The molecular weight excluding hydrogens is 309 g/mol. The van der Waals surface area contributed by atoms with Crippen molar-refractivity contribution < 1.29 is 9.50 Å². The zero-order valence-corrected chi connectivity index (χ0v) is 12.0. The Morgan fingerprint density at radius 2 is 2.16 bits per heavy atom. The van der Waals surface area contributed by atoms with Crippen molar-refractivity contribution in [2.75, 3.05) is 0 Å². The van der Waals surface area contributed by atoms with Crippen LogP contribution in [0.15, 0.2) is 41.1 Å². The highest BCUT2D eigenvalue weighted by Gasteiger charge is 2.31. The molecule has 1 heterocycles. The van der Waals surface area contributed by atoms with Crippen LogP contribution < -0.4 is 0 Å². The van der Waals surface area contributed by atoms with Gasteiger partial charge < -0.3 is 9.67 Å². The lowest BCUT2D eigenvalue weighted by atomic mass is 10.1. The van der Waals surface area contributed by atoms with Gasteiger partial charge in [-0.1, -0.05) is 22.0 Å². The smallest absolute Gasteiger partial charge is 0.129 e. The zero-order chi connectivity index (χ0) is 13.4. The molecule has 1 aliphatic carbocycles. The summed E-state index contributed by atoms with van der Waals surface area (Å²) in [5.41, 5.74) is 1.58. The van der Waals surface area contributed by atoms with E-state index in [0.717, 1.165) is 22.9 Å². The first-order valence-electron chi connectivity index (χ1n) is 6.41. The highest BCUT2D eigenvalue weighted by Crippen LogP contribution is 2.40. The number of rotatable bonds is 4. The number of hydrogen-bond acceptors (Lipinski definition) is 1. The topological polar surface area (TPSA) is 25.2 Å². The molecule has 1 fully saturated rings. The predicted octanol–water partition coefficient (Wildman–Crippen LogP) is 3.88. The minimum absolute atomic E-state index is 0.215. The number of aliphatic hydroxyl groups excluding tert-OH is 1. The molecule has 0 radical (unpaired) electrons. The zero-order valence-electron chi connectivity index (χ0n) is 10.4. The molecule has 1 atom stereocenters. The molecule has 2 aromatic rings. The molecule has 0 amide bonds. The molecule has 0 saturated heterocycles. The van der Waals surface area contributed by atoms with Crippen molar-refractivity contribution in [1.29, 1.82) is 0 Å². The van der Waals surface area contributed by atoms with E-state index >= 15 is 0 Å². The highest BCUT2D eigenvalue weighted by atomic mass is 79.9. The normalized spacial score (nSPS) is 16.6. The summed E-state index contributed by atoms with van der Waals surface area (Å²) in [5, 5.41) is 10.0. The number of aliphatic hydroxyl groups is 1. The van der Waals surface area contributed by atoms with E-state index in [1.165, 1.54) is 6.07 Å². The molecule has 1 aromatic carbocycles. The van der Waals surface area contributed by atoms with Gasteiger partial charge >= 0.3 is 0 Å². The Hall–Kier alpha value is -1.13. The fourth-order valence-corrected chi connectivity index (χ4v) is 2.60. The second-order valence-corrected chi connectivity index (χ2v) is 6.05. The van der Waals surface area contributed by atoms with Crippen molar-refractivity contribution in [2.24, 2.45) is 5.92 Å². The van der Waals surface area contributed by atoms with E-state index in [0.29, 0.717) is 18.0 Å². The van der Waals surface area contributed by atoms with Crippen molar-refractivity contribution in [2.45, 2.75) is 25.5 Å². The lowest BCUT2D eigenvalue weighted by molar-refractivity contribution is 0.154. The van der Waals surface area contributed by atoms with Gasteiger partial charge in [0.2, 0.25) is 0 Å². The molecule has 19 heavy (non-hydrogen) atoms. The third-order valence-electron chi connectivity index (χ3n) is 3.55. The molecule has 3 rings (SSSR count). The van der Waals surface area contributed by atoms with Gasteiger partial charge in [-0.05, 0) is 42.5 Å². The van der Waals surface area contributed by atoms with Crippen LogP contribution in [0.2, 0.25) is 0 Å². The maximum Gasteiger partial charge on any atom is 0.129 e. The molecule has 4 heteroatoms. The Morgan fingerprint density at radius 1 is 1.37 bits per heavy atom. The maximum absolute atomic E-state index is 13.7. The number of aromatic nitrogens is 1. The molecule has 0 spiro atoms. The van der Waals surface area contributed by atoms with Crippen LogP contribution in [0.1, 0.15) is 30.1 Å². The van der Waals surface area contributed by atoms with Crippen LogP contribution in [-0.4, -0.2) is 9.67 Å². The van der Waals surface area contributed by atoms with E-state index in [1.807, 2.05) is 29.1 Å². The number of benzene rings is 1. The van der Waals surface area contributed by atoms with Crippen LogP contribution in [0.5, 0.6) is 0 Å². The minimum atomic E-state index is -0.365. The molecular formula is C15H15BrFNO. The second-order valence-electron chi connectivity index (χ2n) is 5.14. The minimum Gasteiger partial charge on any atom is -0.388 e. The molecule has 1 saturated carbocycles. The van der Waals surface area contributed by atoms with Crippen LogP contribution in [0.4, 0.5) is 4.39 Å². The van der Waals surface area contributed by atoms with E-state index in [-0.39, 0.29) is 11.9 Å². The van der Waals surface area contributed by atoms with Crippen LogP contribution in [0.25, 0.3) is 0 Å². The van der Waals surface area contributed by atoms with Crippen molar-refractivity contribution in [3.8, 4) is 0 Å². The standard InChI is InChI=1S/C15H15BrFNO/c16-13-4-3-11(14(17)7-13)8-18-6-5-12(9-18)15(19)10-1-2-10/h3-7,9-10,15,19H,1-2,8H2. The van der Waals surface area contributed by atoms with Gasteiger partial charge in [-0.2, -0.15) is 0 Å². The largest absolute Gasteiger partial charge is 0.388 e. The molecule has 1 aliphatic rings. The predicted molar refractivity (Wildman–Crippen MR) is 75.3 cm³/mol. The monoisotopic (exact) mass is 323 g/mol. The van der Waals surface area contributed by atoms with Crippen LogP contribution in [0, 0.1) is 11.7 Å². The first kappa shape index (κ1) is 12.9. The summed E-state index contributed by atoms with van der Waals surface area (Å²) in [6, 6.07) is 7.00. The van der Waals surface area contributed by atoms with E-state index in [9.17, 15) is 9.50 Å². The fourth-order valence-electron chi connectivity index (χ4n) is 2.26. The number of halogens is 2. The lowest BCUT2D eigenvalue weighted by Crippen LogP contribution is -2.01. The van der Waals surface area contributed by atoms with E-state index in [2.05, 4.69) is 15.9 Å². The van der Waals surface area contributed by atoms with Gasteiger partial charge in [-0.25, -0.2) is 4.39 Å². The third kappa shape index (κ3) is 2.90. The van der Waals surface area contributed by atoms with Gasteiger partial charge in [0.1, 0.15) is 5.82 Å². The van der Waals surface area contributed by atoms with E-state index in [4.69, 9.17) is 0 Å². The van der Waals surface area contributed by atoms with Crippen LogP contribution >= 0.6 is 15.9 Å². The van der Waals surface area contributed by atoms with Crippen molar-refractivity contribution in [3.63, 3.8) is 0 Å². The Kier molecular flexibility index (Phi) is 3.46. The van der Waals surface area contributed by atoms with E-state index in [1.54, 1.807) is 6.07 Å². The SMILES string of the molecule is OC(c1ccn(Cc2ccc(Br)cc2F)c1)C1CC1. The van der Waals surface area contributed by atoms with Gasteiger partial charge in [-0.15, -0.1) is 0 Å². The third-order valence-corrected chi connectivity index (χ3v) is 4.04. The van der Waals surface area contributed by atoms with Gasteiger partial charge in [0.25, 0.3) is 0 Å². The number of nitrogens with zero attached hydrogens (tertiary/aromatic N) is 1. The average Bonchev–Trinajstić information content (AvgIpc) is 3.12. The lowest BCUT2D eigenvalue weighted by Gasteiger charge is -2.07. The van der Waals surface area contributed by atoms with Crippen molar-refractivity contribution in [1.82, 2.24) is 4.57 Å². The van der Waals surface area contributed by atoms with Crippen molar-refractivity contribution in [3.05, 3.63) is 58.1 Å². The Balaban J connectivity index is 1.76. The number of hydrogen-bond donors (Lipinski definition) is 1. The molecule has 1 N–H and O–H groups in total. The highest BCUT2D eigenvalue weighted by molar-refractivity contribution is 9.10. The summed E-state index contributed by atoms with van der Waals surface area (Å²) in [6.45, 7) is 0.483. The summed E-state index contributed by atoms with van der Waals surface area (Å²) in [6.07, 6.45) is 5.64. The molecule has 1 unspecified atom stereocenters. The summed E-state index contributed by atoms with van der Waals surface area (Å²) < 4.78 is 16.4. The fraction of sp³-hybridized carbons (Fsp3) is 0.333. The average molecular weight is 324 g/mol. The van der Waals surface area contributed by atoms with Gasteiger partial charge in [0.05, 0.1) is 6.10 Å².